The predicted octanol–water partition coefficient (Wildman–Crippen LogP) is 1.16. The minimum atomic E-state index is 0.252. The molecule has 3 heteroatoms. The van der Waals surface area contributed by atoms with Crippen LogP contribution in [0.15, 0.2) is 24.3 Å². The number of fused-ring (bicyclic) bond motifs is 1. The maximum absolute atomic E-state index is 5.87. The highest BCUT2D eigenvalue weighted by Gasteiger charge is 2.27. The molecule has 1 aliphatic rings. The number of nitrogens with two attached hydrogens (primary N) is 1. The Morgan fingerprint density at radius 1 is 1.25 bits per heavy atom. The van der Waals surface area contributed by atoms with Crippen molar-refractivity contribution in [1.82, 2.24) is 0 Å². The van der Waals surface area contributed by atoms with Gasteiger partial charge in [-0.1, -0.05) is 12.1 Å². The van der Waals surface area contributed by atoms with Crippen LogP contribution in [0.25, 0.3) is 0 Å². The molecule has 0 fully saturated rings. The van der Waals surface area contributed by atoms with E-state index in [0.717, 1.165) is 5.69 Å². The second-order valence-corrected chi connectivity index (χ2v) is 3.14. The Hall–Kier alpha value is -1.22. The Bertz CT molecular complexity index is 269. The van der Waals surface area contributed by atoms with Gasteiger partial charge >= 0.3 is 0 Å². The normalized spacial score (nSPS) is 21.4. The summed E-state index contributed by atoms with van der Waals surface area (Å²) >= 11 is 0. The van der Waals surface area contributed by atoms with Gasteiger partial charge in [-0.25, -0.2) is 5.84 Å². The number of anilines is 2. The molecular weight excluding hydrogens is 150 g/mol. The molecular formula is C9H13N3. The highest BCUT2D eigenvalue weighted by atomic mass is 15.5. The number of rotatable bonds is 0. The molecule has 0 bridgehead atoms. The van der Waals surface area contributed by atoms with Gasteiger partial charge in [0.2, 0.25) is 0 Å². The van der Waals surface area contributed by atoms with Crippen LogP contribution in [0.3, 0.4) is 0 Å². The Labute approximate surface area is 72.4 Å². The molecule has 1 atom stereocenters. The van der Waals surface area contributed by atoms with Crippen LogP contribution in [0.4, 0.5) is 11.4 Å². The third kappa shape index (κ3) is 0.800. The first-order valence-corrected chi connectivity index (χ1v) is 4.07. The minimum absolute atomic E-state index is 0.252. The molecule has 2 rings (SSSR count). The maximum Gasteiger partial charge on any atom is 0.113 e. The first-order chi connectivity index (χ1) is 5.72. The molecule has 0 aliphatic carbocycles. The van der Waals surface area contributed by atoms with E-state index in [1.807, 2.05) is 18.2 Å². The number of benzene rings is 1. The van der Waals surface area contributed by atoms with Crippen LogP contribution in [-0.4, -0.2) is 13.2 Å². The molecule has 0 spiro atoms. The van der Waals surface area contributed by atoms with Crippen LogP contribution in [0.2, 0.25) is 0 Å². The largest absolute Gasteiger partial charge is 0.352 e. The summed E-state index contributed by atoms with van der Waals surface area (Å²) in [6, 6.07) is 8.15. The van der Waals surface area contributed by atoms with Crippen molar-refractivity contribution in [2.75, 3.05) is 17.0 Å². The van der Waals surface area contributed by atoms with Crippen LogP contribution in [0.1, 0.15) is 6.92 Å². The van der Waals surface area contributed by atoms with Gasteiger partial charge in [-0.3, -0.25) is 5.01 Å². The summed E-state index contributed by atoms with van der Waals surface area (Å²) in [6.07, 6.45) is 0.252. The van der Waals surface area contributed by atoms with E-state index in [9.17, 15) is 0 Å². The smallest absolute Gasteiger partial charge is 0.113 e. The summed E-state index contributed by atoms with van der Waals surface area (Å²) in [4.78, 5) is 2.16. The van der Waals surface area contributed by atoms with Crippen LogP contribution in [0.5, 0.6) is 0 Å². The van der Waals surface area contributed by atoms with E-state index in [2.05, 4.69) is 24.9 Å². The van der Waals surface area contributed by atoms with Gasteiger partial charge in [-0.15, -0.1) is 0 Å². The zero-order valence-corrected chi connectivity index (χ0v) is 7.36. The molecule has 1 aliphatic heterocycles. The highest BCUT2D eigenvalue weighted by molar-refractivity contribution is 5.76. The van der Waals surface area contributed by atoms with E-state index in [1.165, 1.54) is 5.69 Å². The molecule has 1 aromatic carbocycles. The van der Waals surface area contributed by atoms with Gasteiger partial charge in [-0.2, -0.15) is 0 Å². The van der Waals surface area contributed by atoms with Gasteiger partial charge in [0, 0.05) is 7.05 Å². The number of hydrogen-bond donors (Lipinski definition) is 1. The molecule has 3 nitrogen and oxygen atoms in total. The van der Waals surface area contributed by atoms with Gasteiger partial charge < -0.3 is 4.90 Å². The summed E-state index contributed by atoms with van der Waals surface area (Å²) in [6.45, 7) is 2.08. The predicted molar refractivity (Wildman–Crippen MR) is 51.0 cm³/mol. The summed E-state index contributed by atoms with van der Waals surface area (Å²) in [5.74, 6) is 5.87. The average Bonchev–Trinajstić information content (AvgIpc) is 2.33. The first-order valence-electron chi connectivity index (χ1n) is 4.07. The van der Waals surface area contributed by atoms with Crippen LogP contribution in [-0.2, 0) is 0 Å². The van der Waals surface area contributed by atoms with Crippen molar-refractivity contribution in [2.24, 2.45) is 5.84 Å². The third-order valence-corrected chi connectivity index (χ3v) is 2.50. The van der Waals surface area contributed by atoms with Gasteiger partial charge in [0.25, 0.3) is 0 Å². The summed E-state index contributed by atoms with van der Waals surface area (Å²) < 4.78 is 0. The van der Waals surface area contributed by atoms with E-state index in [-0.39, 0.29) is 6.17 Å². The standard InChI is InChI=1S/C9H13N3/c1-7-11(2)8-5-3-4-6-9(8)12(7)10/h3-7H,10H2,1-2H3. The zero-order valence-electron chi connectivity index (χ0n) is 7.36. The minimum Gasteiger partial charge on any atom is -0.352 e. The van der Waals surface area contributed by atoms with Crippen molar-refractivity contribution < 1.29 is 0 Å². The topological polar surface area (TPSA) is 32.5 Å². The first kappa shape index (κ1) is 7.43. The van der Waals surface area contributed by atoms with Gasteiger partial charge in [0.1, 0.15) is 6.17 Å². The number of hydrazine groups is 1. The third-order valence-electron chi connectivity index (χ3n) is 2.50. The molecule has 1 aromatic rings. The fourth-order valence-electron chi connectivity index (χ4n) is 1.57. The summed E-state index contributed by atoms with van der Waals surface area (Å²) in [5, 5.41) is 1.79. The van der Waals surface area contributed by atoms with Gasteiger partial charge in [0.05, 0.1) is 11.4 Å². The molecule has 64 valence electrons. The van der Waals surface area contributed by atoms with Crippen molar-refractivity contribution in [1.29, 1.82) is 0 Å². The molecule has 0 saturated heterocycles. The van der Waals surface area contributed by atoms with Crippen molar-refractivity contribution in [3.63, 3.8) is 0 Å². The molecule has 1 unspecified atom stereocenters. The van der Waals surface area contributed by atoms with E-state index < -0.39 is 0 Å². The lowest BCUT2D eigenvalue weighted by molar-refractivity contribution is 0.678. The van der Waals surface area contributed by atoms with Crippen molar-refractivity contribution >= 4 is 11.4 Å². The second kappa shape index (κ2) is 2.38. The van der Waals surface area contributed by atoms with E-state index in [1.54, 1.807) is 5.01 Å². The van der Waals surface area contributed by atoms with Crippen LogP contribution >= 0.6 is 0 Å². The lowest BCUT2D eigenvalue weighted by Gasteiger charge is -2.22. The van der Waals surface area contributed by atoms with E-state index >= 15 is 0 Å². The quantitative estimate of drug-likeness (QED) is 0.582. The Balaban J connectivity index is 2.52. The van der Waals surface area contributed by atoms with E-state index in [4.69, 9.17) is 5.84 Å². The average molecular weight is 163 g/mol. The number of nitrogens with zero attached hydrogens (tertiary/aromatic N) is 2. The lowest BCUT2D eigenvalue weighted by atomic mass is 10.3. The monoisotopic (exact) mass is 163 g/mol. The summed E-state index contributed by atoms with van der Waals surface area (Å²) in [7, 11) is 2.05. The zero-order chi connectivity index (χ0) is 8.72. The van der Waals surface area contributed by atoms with Crippen molar-refractivity contribution in [3.05, 3.63) is 24.3 Å². The van der Waals surface area contributed by atoms with Crippen LogP contribution in [0, 0.1) is 0 Å². The SMILES string of the molecule is CC1N(C)c2ccccc2N1N. The van der Waals surface area contributed by atoms with Gasteiger partial charge in [-0.05, 0) is 19.1 Å². The Morgan fingerprint density at radius 3 is 2.42 bits per heavy atom. The molecule has 1 heterocycles. The Morgan fingerprint density at radius 2 is 1.83 bits per heavy atom. The Kier molecular flexibility index (Phi) is 1.48. The van der Waals surface area contributed by atoms with Crippen LogP contribution < -0.4 is 15.8 Å². The highest BCUT2D eigenvalue weighted by Crippen LogP contribution is 2.35. The number of para-hydroxylation sites is 2. The fourth-order valence-corrected chi connectivity index (χ4v) is 1.57. The molecule has 12 heavy (non-hydrogen) atoms. The molecule has 0 amide bonds. The van der Waals surface area contributed by atoms with Crippen molar-refractivity contribution in [2.45, 2.75) is 13.1 Å². The van der Waals surface area contributed by atoms with Crippen molar-refractivity contribution in [3.8, 4) is 0 Å². The molecule has 0 saturated carbocycles. The molecule has 0 radical (unpaired) electrons. The fraction of sp³-hybridized carbons (Fsp3) is 0.333. The number of hydrogen-bond acceptors (Lipinski definition) is 3. The molecule has 0 aromatic heterocycles. The van der Waals surface area contributed by atoms with Gasteiger partial charge in [0.15, 0.2) is 0 Å². The van der Waals surface area contributed by atoms with E-state index in [0.29, 0.717) is 0 Å². The lowest BCUT2D eigenvalue weighted by Crippen LogP contribution is -2.43. The second-order valence-electron chi connectivity index (χ2n) is 3.14. The maximum atomic E-state index is 5.87. The molecule has 2 N–H and O–H groups in total. The summed E-state index contributed by atoms with van der Waals surface area (Å²) in [5.41, 5.74) is 2.31.